The van der Waals surface area contributed by atoms with Gasteiger partial charge in [0.05, 0.1) is 11.7 Å². The Balaban J connectivity index is 1.46. The monoisotopic (exact) mass is 388 g/mol. The number of H-pyrrole nitrogens is 1. The van der Waals surface area contributed by atoms with E-state index in [0.29, 0.717) is 30.8 Å². The number of carbonyl (C=O) groups is 1. The van der Waals surface area contributed by atoms with Crippen LogP contribution in [-0.4, -0.2) is 32.1 Å². The highest BCUT2D eigenvalue weighted by Gasteiger charge is 2.23. The predicted molar refractivity (Wildman–Crippen MR) is 107 cm³/mol. The Labute approximate surface area is 165 Å². The lowest BCUT2D eigenvalue weighted by molar-refractivity contribution is 0.0734. The fraction of sp³-hybridized carbons (Fsp3) is 0.136. The zero-order chi connectivity index (χ0) is 20.0. The van der Waals surface area contributed by atoms with Gasteiger partial charge in [-0.2, -0.15) is 5.10 Å². The Hall–Kier alpha value is -3.74. The van der Waals surface area contributed by atoms with E-state index in [1.807, 2.05) is 12.1 Å². The molecule has 0 aliphatic carbocycles. The van der Waals surface area contributed by atoms with Crippen LogP contribution in [0.2, 0.25) is 0 Å². The van der Waals surface area contributed by atoms with Gasteiger partial charge < -0.3 is 4.90 Å². The smallest absolute Gasteiger partial charge is 0.255 e. The topological polar surface area (TPSA) is 71.0 Å². The predicted octanol–water partition coefficient (Wildman–Crippen LogP) is 3.05. The van der Waals surface area contributed by atoms with E-state index >= 15 is 0 Å². The second-order valence-electron chi connectivity index (χ2n) is 7.16. The van der Waals surface area contributed by atoms with Gasteiger partial charge in [-0.1, -0.05) is 0 Å². The fourth-order valence-electron chi connectivity index (χ4n) is 3.76. The Morgan fingerprint density at radius 3 is 2.72 bits per heavy atom. The molecule has 3 heterocycles. The zero-order valence-corrected chi connectivity index (χ0v) is 15.4. The van der Waals surface area contributed by atoms with Crippen molar-refractivity contribution in [2.75, 3.05) is 6.54 Å². The molecule has 0 fully saturated rings. The van der Waals surface area contributed by atoms with Gasteiger partial charge in [-0.05, 0) is 60.0 Å². The molecular formula is C22H17FN4O2. The van der Waals surface area contributed by atoms with E-state index in [2.05, 4.69) is 10.2 Å². The standard InChI is InChI=1S/C22H17FN4O2/c23-18-2-4-19(5-3-18)27-13-17-12-26(8-7-14(17)10-21(27)28)22(29)15-1-6-20-16(9-15)11-24-25-20/h1-6,9-11,13H,7-8,12H2,(H,24,25). The van der Waals surface area contributed by atoms with E-state index in [1.165, 1.54) is 16.7 Å². The van der Waals surface area contributed by atoms with Crippen LogP contribution in [0.4, 0.5) is 4.39 Å². The van der Waals surface area contributed by atoms with Gasteiger partial charge in [0.1, 0.15) is 5.82 Å². The van der Waals surface area contributed by atoms with Crippen LogP contribution in [-0.2, 0) is 13.0 Å². The number of pyridine rings is 1. The van der Waals surface area contributed by atoms with E-state index in [9.17, 15) is 14.0 Å². The molecule has 1 aliphatic rings. The normalized spacial score (nSPS) is 13.5. The largest absolute Gasteiger partial charge is 0.334 e. The molecule has 0 unspecified atom stereocenters. The number of hydrogen-bond acceptors (Lipinski definition) is 3. The Morgan fingerprint density at radius 2 is 1.90 bits per heavy atom. The lowest BCUT2D eigenvalue weighted by Gasteiger charge is -2.29. The quantitative estimate of drug-likeness (QED) is 0.574. The minimum atomic E-state index is -0.355. The van der Waals surface area contributed by atoms with Crippen LogP contribution in [0.3, 0.4) is 0 Å². The number of hydrogen-bond donors (Lipinski definition) is 1. The first-order valence-electron chi connectivity index (χ1n) is 9.31. The minimum absolute atomic E-state index is 0.0571. The molecule has 0 spiro atoms. The van der Waals surface area contributed by atoms with Crippen molar-refractivity contribution in [1.82, 2.24) is 19.7 Å². The molecule has 2 aromatic carbocycles. The molecule has 7 heteroatoms. The molecule has 1 N–H and O–H groups in total. The number of fused-ring (bicyclic) bond motifs is 2. The molecule has 2 aromatic heterocycles. The number of benzene rings is 2. The number of halogens is 1. The molecule has 29 heavy (non-hydrogen) atoms. The van der Waals surface area contributed by atoms with Crippen molar-refractivity contribution in [2.45, 2.75) is 13.0 Å². The highest BCUT2D eigenvalue weighted by molar-refractivity contribution is 5.98. The molecule has 1 amide bonds. The van der Waals surface area contributed by atoms with E-state index < -0.39 is 0 Å². The summed E-state index contributed by atoms with van der Waals surface area (Å²) in [5.41, 5.74) is 3.78. The van der Waals surface area contributed by atoms with Crippen molar-refractivity contribution in [3.05, 3.63) is 93.8 Å². The van der Waals surface area contributed by atoms with Gasteiger partial charge in [0.15, 0.2) is 0 Å². The van der Waals surface area contributed by atoms with Crippen molar-refractivity contribution in [3.8, 4) is 5.69 Å². The summed E-state index contributed by atoms with van der Waals surface area (Å²) in [7, 11) is 0. The van der Waals surface area contributed by atoms with Crippen LogP contribution in [0.1, 0.15) is 21.5 Å². The summed E-state index contributed by atoms with van der Waals surface area (Å²) in [4.78, 5) is 27.3. The van der Waals surface area contributed by atoms with E-state index in [4.69, 9.17) is 0 Å². The van der Waals surface area contributed by atoms with Crippen LogP contribution in [0.5, 0.6) is 0 Å². The second kappa shape index (κ2) is 6.70. The second-order valence-corrected chi connectivity index (χ2v) is 7.16. The van der Waals surface area contributed by atoms with Crippen LogP contribution in [0.15, 0.2) is 65.7 Å². The summed E-state index contributed by atoms with van der Waals surface area (Å²) in [6, 6.07) is 12.8. The third kappa shape index (κ3) is 3.10. The third-order valence-electron chi connectivity index (χ3n) is 5.32. The molecule has 144 valence electrons. The molecule has 0 saturated carbocycles. The summed E-state index contributed by atoms with van der Waals surface area (Å²) in [5.74, 6) is -0.413. The molecule has 0 saturated heterocycles. The van der Waals surface area contributed by atoms with Gasteiger partial charge in [0.2, 0.25) is 0 Å². The Bertz CT molecular complexity index is 1290. The molecule has 0 bridgehead atoms. The molecule has 4 aromatic rings. The van der Waals surface area contributed by atoms with Crippen molar-refractivity contribution in [2.24, 2.45) is 0 Å². The summed E-state index contributed by atoms with van der Waals surface area (Å²) >= 11 is 0. The van der Waals surface area contributed by atoms with Gasteiger partial charge in [0, 0.05) is 42.0 Å². The van der Waals surface area contributed by atoms with E-state index in [0.717, 1.165) is 22.0 Å². The van der Waals surface area contributed by atoms with Gasteiger partial charge in [-0.25, -0.2) is 4.39 Å². The van der Waals surface area contributed by atoms with Crippen molar-refractivity contribution in [3.63, 3.8) is 0 Å². The van der Waals surface area contributed by atoms with Crippen LogP contribution >= 0.6 is 0 Å². The zero-order valence-electron chi connectivity index (χ0n) is 15.4. The highest BCUT2D eigenvalue weighted by atomic mass is 19.1. The maximum absolute atomic E-state index is 13.2. The number of rotatable bonds is 2. The Kier molecular flexibility index (Phi) is 4.01. The molecule has 6 nitrogen and oxygen atoms in total. The first-order chi connectivity index (χ1) is 14.1. The number of aromatic nitrogens is 3. The first kappa shape index (κ1) is 17.4. The number of nitrogens with zero attached hydrogens (tertiary/aromatic N) is 3. The van der Waals surface area contributed by atoms with E-state index in [-0.39, 0.29) is 17.3 Å². The first-order valence-corrected chi connectivity index (χ1v) is 9.31. The molecule has 1 aliphatic heterocycles. The van der Waals surface area contributed by atoms with Gasteiger partial charge in [0.25, 0.3) is 11.5 Å². The van der Waals surface area contributed by atoms with E-state index in [1.54, 1.807) is 41.6 Å². The van der Waals surface area contributed by atoms with Crippen molar-refractivity contribution < 1.29 is 9.18 Å². The maximum atomic E-state index is 13.2. The molecule has 5 rings (SSSR count). The molecule has 0 radical (unpaired) electrons. The van der Waals surface area contributed by atoms with Gasteiger partial charge >= 0.3 is 0 Å². The van der Waals surface area contributed by atoms with Crippen molar-refractivity contribution in [1.29, 1.82) is 0 Å². The van der Waals surface area contributed by atoms with Gasteiger partial charge in [-0.3, -0.25) is 19.3 Å². The van der Waals surface area contributed by atoms with Crippen LogP contribution < -0.4 is 5.56 Å². The number of nitrogens with one attached hydrogen (secondary N) is 1. The minimum Gasteiger partial charge on any atom is -0.334 e. The number of aromatic amines is 1. The maximum Gasteiger partial charge on any atom is 0.255 e. The average molecular weight is 388 g/mol. The van der Waals surface area contributed by atoms with Crippen LogP contribution in [0.25, 0.3) is 16.6 Å². The lowest BCUT2D eigenvalue weighted by Crippen LogP contribution is -2.37. The number of carbonyl (C=O) groups excluding carboxylic acids is 1. The third-order valence-corrected chi connectivity index (χ3v) is 5.32. The Morgan fingerprint density at radius 1 is 1.07 bits per heavy atom. The average Bonchev–Trinajstić information content (AvgIpc) is 3.21. The highest BCUT2D eigenvalue weighted by Crippen LogP contribution is 2.22. The summed E-state index contributed by atoms with van der Waals surface area (Å²) in [6.45, 7) is 0.967. The summed E-state index contributed by atoms with van der Waals surface area (Å²) in [6.07, 6.45) is 4.07. The lowest BCUT2D eigenvalue weighted by atomic mass is 10.0. The summed E-state index contributed by atoms with van der Waals surface area (Å²) in [5, 5.41) is 7.76. The summed E-state index contributed by atoms with van der Waals surface area (Å²) < 4.78 is 14.7. The van der Waals surface area contributed by atoms with Gasteiger partial charge in [-0.15, -0.1) is 0 Å². The van der Waals surface area contributed by atoms with Crippen molar-refractivity contribution >= 4 is 16.8 Å². The number of amides is 1. The molecular weight excluding hydrogens is 371 g/mol. The molecule has 0 atom stereocenters. The van der Waals surface area contributed by atoms with Crippen LogP contribution in [0, 0.1) is 5.82 Å². The SMILES string of the molecule is O=C(c1ccc2[nH]ncc2c1)N1CCc2cc(=O)n(-c3ccc(F)cc3)cc2C1. The fourth-order valence-corrected chi connectivity index (χ4v) is 3.76.